The van der Waals surface area contributed by atoms with Crippen LogP contribution in [0, 0.1) is 6.92 Å². The number of anilines is 1. The average molecular weight is 496 g/mol. The van der Waals surface area contributed by atoms with Crippen molar-refractivity contribution >= 4 is 56.2 Å². The lowest BCUT2D eigenvalue weighted by Gasteiger charge is -2.33. The fourth-order valence-electron chi connectivity index (χ4n) is 2.99. The molecule has 4 heterocycles. The average Bonchev–Trinajstić information content (AvgIpc) is 3.43. The van der Waals surface area contributed by atoms with Crippen LogP contribution in [0.2, 0.25) is 0 Å². The number of hydrogen-bond acceptors (Lipinski definition) is 8. The standard InChI is InChI=1S/C18H18BrN5O3S2/c1-11-6-15(22-27-11)21-16(25)8-23-2-4-24(5-3-23)18(26)13-10-29-17(20-13)14-7-12(19)9-28-14/h6-7,9-10H,2-5,8H2,1H3,(H,21,22,25). The number of hydrogen-bond donors (Lipinski definition) is 1. The van der Waals surface area contributed by atoms with E-state index in [9.17, 15) is 9.59 Å². The lowest BCUT2D eigenvalue weighted by atomic mass is 10.3. The molecular weight excluding hydrogens is 478 g/mol. The molecule has 4 rings (SSSR count). The van der Waals surface area contributed by atoms with E-state index in [0.29, 0.717) is 43.5 Å². The number of halogens is 1. The maximum absolute atomic E-state index is 12.8. The first kappa shape index (κ1) is 20.2. The highest BCUT2D eigenvalue weighted by molar-refractivity contribution is 9.10. The van der Waals surface area contributed by atoms with E-state index in [1.165, 1.54) is 11.3 Å². The van der Waals surface area contributed by atoms with Crippen LogP contribution in [-0.2, 0) is 4.79 Å². The van der Waals surface area contributed by atoms with Crippen LogP contribution in [0.4, 0.5) is 5.82 Å². The first-order chi connectivity index (χ1) is 14.0. The number of nitrogens with one attached hydrogen (secondary N) is 1. The van der Waals surface area contributed by atoms with E-state index in [1.807, 2.05) is 21.7 Å². The molecule has 3 aromatic rings. The Hall–Kier alpha value is -2.08. The highest BCUT2D eigenvalue weighted by Crippen LogP contribution is 2.32. The van der Waals surface area contributed by atoms with Crippen LogP contribution in [0.3, 0.4) is 0 Å². The zero-order valence-electron chi connectivity index (χ0n) is 15.6. The molecule has 1 N–H and O–H groups in total. The molecule has 0 unspecified atom stereocenters. The van der Waals surface area contributed by atoms with Gasteiger partial charge in [-0.25, -0.2) is 4.98 Å². The van der Waals surface area contributed by atoms with E-state index in [4.69, 9.17) is 4.52 Å². The summed E-state index contributed by atoms with van der Waals surface area (Å²) in [6.45, 7) is 4.41. The normalized spacial score (nSPS) is 14.9. The number of thiazole rings is 1. The Morgan fingerprint density at radius 2 is 2.00 bits per heavy atom. The van der Waals surface area contributed by atoms with E-state index in [-0.39, 0.29) is 18.4 Å². The van der Waals surface area contributed by atoms with Gasteiger partial charge in [0, 0.05) is 47.5 Å². The van der Waals surface area contributed by atoms with Crippen LogP contribution < -0.4 is 5.32 Å². The predicted octanol–water partition coefficient (Wildman–Crippen LogP) is 3.33. The molecule has 3 aromatic heterocycles. The number of nitrogens with zero attached hydrogens (tertiary/aromatic N) is 4. The third-order valence-electron chi connectivity index (χ3n) is 4.42. The Morgan fingerprint density at radius 3 is 2.66 bits per heavy atom. The Bertz CT molecular complexity index is 1020. The summed E-state index contributed by atoms with van der Waals surface area (Å²) in [7, 11) is 0. The molecular formula is C18H18BrN5O3S2. The summed E-state index contributed by atoms with van der Waals surface area (Å²) in [5.41, 5.74) is 0.474. The summed E-state index contributed by atoms with van der Waals surface area (Å²) >= 11 is 6.51. The molecule has 0 saturated carbocycles. The van der Waals surface area contributed by atoms with Crippen molar-refractivity contribution < 1.29 is 14.1 Å². The monoisotopic (exact) mass is 495 g/mol. The minimum Gasteiger partial charge on any atom is -0.360 e. The third kappa shape index (κ3) is 4.92. The Kier molecular flexibility index (Phi) is 6.09. The molecule has 0 atom stereocenters. The molecule has 0 bridgehead atoms. The van der Waals surface area contributed by atoms with E-state index in [2.05, 4.69) is 31.4 Å². The quantitative estimate of drug-likeness (QED) is 0.583. The first-order valence-corrected chi connectivity index (χ1v) is 11.5. The van der Waals surface area contributed by atoms with Crippen molar-refractivity contribution in [2.45, 2.75) is 6.92 Å². The molecule has 1 saturated heterocycles. The van der Waals surface area contributed by atoms with Crippen LogP contribution in [0.1, 0.15) is 16.2 Å². The van der Waals surface area contributed by atoms with E-state index >= 15 is 0 Å². The molecule has 2 amide bonds. The lowest BCUT2D eigenvalue weighted by molar-refractivity contribution is -0.117. The zero-order chi connectivity index (χ0) is 20.4. The number of piperazine rings is 1. The van der Waals surface area contributed by atoms with Gasteiger partial charge in [-0.2, -0.15) is 0 Å². The van der Waals surface area contributed by atoms with Gasteiger partial charge >= 0.3 is 0 Å². The van der Waals surface area contributed by atoms with Gasteiger partial charge in [-0.15, -0.1) is 22.7 Å². The molecule has 0 radical (unpaired) electrons. The second kappa shape index (κ2) is 8.74. The van der Waals surface area contributed by atoms with Crippen LogP contribution in [0.25, 0.3) is 9.88 Å². The van der Waals surface area contributed by atoms with Crippen LogP contribution >= 0.6 is 38.6 Å². The number of carbonyl (C=O) groups excluding carboxylic acids is 2. The Labute approximate surface area is 183 Å². The molecule has 0 aliphatic carbocycles. The molecule has 29 heavy (non-hydrogen) atoms. The summed E-state index contributed by atoms with van der Waals surface area (Å²) in [4.78, 5) is 34.3. The van der Waals surface area contributed by atoms with Crippen LogP contribution in [0.5, 0.6) is 0 Å². The SMILES string of the molecule is Cc1cc(NC(=O)CN2CCN(C(=O)c3csc(-c4cc(Br)cs4)n3)CC2)no1. The van der Waals surface area contributed by atoms with Crippen molar-refractivity contribution in [2.24, 2.45) is 0 Å². The summed E-state index contributed by atoms with van der Waals surface area (Å²) in [5, 5.41) is 11.1. The lowest BCUT2D eigenvalue weighted by Crippen LogP contribution is -2.50. The van der Waals surface area contributed by atoms with E-state index < -0.39 is 0 Å². The summed E-state index contributed by atoms with van der Waals surface area (Å²) in [6, 6.07) is 3.67. The van der Waals surface area contributed by atoms with Crippen LogP contribution in [0.15, 0.2) is 31.9 Å². The second-order valence-corrected chi connectivity index (χ2v) is 9.29. The highest BCUT2D eigenvalue weighted by atomic mass is 79.9. The van der Waals surface area contributed by atoms with Gasteiger partial charge in [0.05, 0.1) is 11.4 Å². The van der Waals surface area contributed by atoms with Gasteiger partial charge in [0.1, 0.15) is 16.5 Å². The molecule has 1 aliphatic heterocycles. The smallest absolute Gasteiger partial charge is 0.273 e. The molecule has 1 fully saturated rings. The van der Waals surface area contributed by atoms with Crippen molar-refractivity contribution in [1.29, 1.82) is 0 Å². The van der Waals surface area contributed by atoms with Crippen molar-refractivity contribution in [3.63, 3.8) is 0 Å². The molecule has 8 nitrogen and oxygen atoms in total. The van der Waals surface area contributed by atoms with Crippen molar-refractivity contribution in [3.05, 3.63) is 38.8 Å². The molecule has 11 heteroatoms. The number of amides is 2. The van der Waals surface area contributed by atoms with Crippen molar-refractivity contribution in [3.8, 4) is 9.88 Å². The van der Waals surface area contributed by atoms with E-state index in [0.717, 1.165) is 14.4 Å². The molecule has 0 spiro atoms. The summed E-state index contributed by atoms with van der Waals surface area (Å²) < 4.78 is 5.95. The number of rotatable bonds is 5. The van der Waals surface area contributed by atoms with Gasteiger partial charge in [-0.3, -0.25) is 14.5 Å². The molecule has 0 aromatic carbocycles. The zero-order valence-corrected chi connectivity index (χ0v) is 18.8. The van der Waals surface area contributed by atoms with E-state index in [1.54, 1.807) is 29.2 Å². The third-order valence-corrected chi connectivity index (χ3v) is 7.13. The van der Waals surface area contributed by atoms with Gasteiger partial charge in [0.25, 0.3) is 5.91 Å². The van der Waals surface area contributed by atoms with Crippen molar-refractivity contribution in [1.82, 2.24) is 19.9 Å². The fraction of sp³-hybridized carbons (Fsp3) is 0.333. The summed E-state index contributed by atoms with van der Waals surface area (Å²) in [5.74, 6) is 0.845. The Morgan fingerprint density at radius 1 is 1.21 bits per heavy atom. The second-order valence-electron chi connectivity index (χ2n) is 6.61. The van der Waals surface area contributed by atoms with Gasteiger partial charge in [-0.1, -0.05) is 5.16 Å². The fourth-order valence-corrected chi connectivity index (χ4v) is 5.29. The first-order valence-electron chi connectivity index (χ1n) is 8.92. The van der Waals surface area contributed by atoms with Crippen molar-refractivity contribution in [2.75, 3.05) is 38.0 Å². The molecule has 1 aliphatic rings. The van der Waals surface area contributed by atoms with Gasteiger partial charge in [-0.05, 0) is 28.9 Å². The maximum Gasteiger partial charge on any atom is 0.273 e. The summed E-state index contributed by atoms with van der Waals surface area (Å²) in [6.07, 6.45) is 0. The highest BCUT2D eigenvalue weighted by Gasteiger charge is 2.25. The Balaban J connectivity index is 1.28. The minimum atomic E-state index is -0.149. The minimum absolute atomic E-state index is 0.0645. The number of thiophene rings is 1. The number of carbonyl (C=O) groups is 2. The van der Waals surface area contributed by atoms with Crippen LogP contribution in [-0.4, -0.2) is 64.5 Å². The number of aromatic nitrogens is 2. The number of aryl methyl sites for hydroxylation is 1. The largest absolute Gasteiger partial charge is 0.360 e. The van der Waals surface area contributed by atoms with Gasteiger partial charge in [0.2, 0.25) is 5.91 Å². The molecule has 152 valence electrons. The predicted molar refractivity (Wildman–Crippen MR) is 115 cm³/mol. The van der Waals surface area contributed by atoms with Gasteiger partial charge < -0.3 is 14.7 Å². The topological polar surface area (TPSA) is 91.6 Å². The van der Waals surface area contributed by atoms with Gasteiger partial charge in [0.15, 0.2) is 5.82 Å². The maximum atomic E-state index is 12.8.